The minimum atomic E-state index is -0.114. The molecular weight excluding hydrogens is 218 g/mol. The zero-order valence-electron chi connectivity index (χ0n) is 7.85. The first kappa shape index (κ1) is 9.78. The zero-order chi connectivity index (χ0) is 10.7. The predicted molar refractivity (Wildman–Crippen MR) is 53.3 cm³/mol. The first-order valence-corrected chi connectivity index (χ1v) is 4.61. The molecule has 0 aliphatic carbocycles. The molecule has 15 heavy (non-hydrogen) atoms. The van der Waals surface area contributed by atoms with E-state index in [1.54, 1.807) is 6.20 Å². The van der Waals surface area contributed by atoms with E-state index < -0.39 is 0 Å². The maximum atomic E-state index is 5.69. The van der Waals surface area contributed by atoms with Crippen molar-refractivity contribution in [3.05, 3.63) is 23.4 Å². The lowest BCUT2D eigenvalue weighted by molar-refractivity contribution is 0.786. The highest BCUT2D eigenvalue weighted by Gasteiger charge is 2.10. The van der Waals surface area contributed by atoms with E-state index in [1.807, 2.05) is 6.92 Å². The molecule has 0 aromatic carbocycles. The molecule has 0 spiro atoms. The molecule has 1 atom stereocenters. The molecule has 2 aromatic heterocycles. The Kier molecular flexibility index (Phi) is 2.72. The second kappa shape index (κ2) is 4.18. The molecule has 2 aromatic rings. The van der Waals surface area contributed by atoms with Crippen LogP contribution in [0.2, 0.25) is 5.15 Å². The average Bonchev–Trinajstić information content (AvgIpc) is 2.70. The molecule has 2 heterocycles. The minimum Gasteiger partial charge on any atom is -0.359 e. The number of nitrogens with one attached hydrogen (secondary N) is 2. The van der Waals surface area contributed by atoms with Gasteiger partial charge in [0.2, 0.25) is 0 Å². The Labute approximate surface area is 90.3 Å². The smallest absolute Gasteiger partial charge is 0.196 e. The first-order chi connectivity index (χ1) is 7.25. The predicted octanol–water partition coefficient (Wildman–Crippen LogP) is 0.816. The maximum absolute atomic E-state index is 5.69. The lowest BCUT2D eigenvalue weighted by atomic mass is 10.3. The van der Waals surface area contributed by atoms with Crippen LogP contribution in [0.25, 0.3) is 0 Å². The summed E-state index contributed by atoms with van der Waals surface area (Å²) in [6.45, 7) is 1.88. The summed E-state index contributed by atoms with van der Waals surface area (Å²) in [5, 5.41) is 16.9. The summed E-state index contributed by atoms with van der Waals surface area (Å²) in [6.07, 6.45) is 3.04. The molecule has 7 nitrogen and oxygen atoms in total. The number of halogens is 1. The van der Waals surface area contributed by atoms with Crippen molar-refractivity contribution >= 4 is 17.4 Å². The maximum Gasteiger partial charge on any atom is 0.196 e. The van der Waals surface area contributed by atoms with Crippen molar-refractivity contribution in [2.75, 3.05) is 5.32 Å². The molecular formula is C7H8ClN7. The number of tetrazole rings is 1. The molecule has 0 saturated heterocycles. The highest BCUT2D eigenvalue weighted by atomic mass is 35.5. The number of aromatic nitrogens is 6. The Balaban J connectivity index is 2.09. The highest BCUT2D eigenvalue weighted by Crippen LogP contribution is 2.13. The van der Waals surface area contributed by atoms with Gasteiger partial charge >= 0.3 is 0 Å². The third-order valence-corrected chi connectivity index (χ3v) is 1.90. The van der Waals surface area contributed by atoms with Gasteiger partial charge < -0.3 is 5.32 Å². The number of aromatic amines is 1. The van der Waals surface area contributed by atoms with Gasteiger partial charge in [0.15, 0.2) is 5.82 Å². The number of anilines is 1. The van der Waals surface area contributed by atoms with Gasteiger partial charge in [0.1, 0.15) is 11.0 Å². The van der Waals surface area contributed by atoms with Crippen LogP contribution in [-0.2, 0) is 0 Å². The lowest BCUT2D eigenvalue weighted by Crippen LogP contribution is -2.10. The SMILES string of the molecule is CC(Nc1cncc(Cl)n1)c1nn[nH]n1. The lowest BCUT2D eigenvalue weighted by Gasteiger charge is -2.09. The third kappa shape index (κ3) is 2.38. The second-order valence-corrected chi connectivity index (χ2v) is 3.25. The van der Waals surface area contributed by atoms with Crippen molar-refractivity contribution in [1.82, 2.24) is 30.6 Å². The van der Waals surface area contributed by atoms with E-state index >= 15 is 0 Å². The standard InChI is InChI=1S/C7H8ClN7/c1-4(7-12-14-15-13-7)10-6-3-9-2-5(8)11-6/h2-4H,1H3,(H,10,11)(H,12,13,14,15). The Morgan fingerprint density at radius 2 is 2.33 bits per heavy atom. The number of H-pyrrole nitrogens is 1. The summed E-state index contributed by atoms with van der Waals surface area (Å²) >= 11 is 5.69. The van der Waals surface area contributed by atoms with E-state index in [9.17, 15) is 0 Å². The van der Waals surface area contributed by atoms with E-state index in [0.717, 1.165) is 0 Å². The molecule has 0 aliphatic heterocycles. The van der Waals surface area contributed by atoms with Gasteiger partial charge in [-0.2, -0.15) is 5.21 Å². The Morgan fingerprint density at radius 1 is 1.47 bits per heavy atom. The molecule has 8 heteroatoms. The number of rotatable bonds is 3. The average molecular weight is 226 g/mol. The molecule has 0 fully saturated rings. The summed E-state index contributed by atoms with van der Waals surface area (Å²) in [5.74, 6) is 1.12. The minimum absolute atomic E-state index is 0.114. The van der Waals surface area contributed by atoms with Gasteiger partial charge in [-0.3, -0.25) is 4.98 Å². The molecule has 0 amide bonds. The molecule has 0 saturated carbocycles. The van der Waals surface area contributed by atoms with Gasteiger partial charge in [0, 0.05) is 0 Å². The fraction of sp³-hybridized carbons (Fsp3) is 0.286. The van der Waals surface area contributed by atoms with Crippen molar-refractivity contribution in [3.8, 4) is 0 Å². The fourth-order valence-electron chi connectivity index (χ4n) is 1.05. The summed E-state index contributed by atoms with van der Waals surface area (Å²) in [6, 6.07) is -0.114. The van der Waals surface area contributed by atoms with Crippen LogP contribution in [0.4, 0.5) is 5.82 Å². The van der Waals surface area contributed by atoms with Crippen LogP contribution in [0.1, 0.15) is 18.8 Å². The summed E-state index contributed by atoms with van der Waals surface area (Å²) in [7, 11) is 0. The molecule has 1 unspecified atom stereocenters. The highest BCUT2D eigenvalue weighted by molar-refractivity contribution is 6.29. The Bertz CT molecular complexity index is 429. The molecule has 0 radical (unpaired) electrons. The van der Waals surface area contributed by atoms with Gasteiger partial charge in [-0.05, 0) is 6.92 Å². The van der Waals surface area contributed by atoms with Crippen molar-refractivity contribution in [3.63, 3.8) is 0 Å². The van der Waals surface area contributed by atoms with Crippen molar-refractivity contribution in [2.24, 2.45) is 0 Å². The Morgan fingerprint density at radius 3 is 3.00 bits per heavy atom. The van der Waals surface area contributed by atoms with Gasteiger partial charge in [-0.25, -0.2) is 4.98 Å². The quantitative estimate of drug-likeness (QED) is 0.803. The molecule has 78 valence electrons. The van der Waals surface area contributed by atoms with Crippen LogP contribution in [0.3, 0.4) is 0 Å². The van der Waals surface area contributed by atoms with Crippen LogP contribution in [0.5, 0.6) is 0 Å². The zero-order valence-corrected chi connectivity index (χ0v) is 8.60. The van der Waals surface area contributed by atoms with Crippen LogP contribution >= 0.6 is 11.6 Å². The van der Waals surface area contributed by atoms with Gasteiger partial charge in [-0.15, -0.1) is 10.2 Å². The first-order valence-electron chi connectivity index (χ1n) is 4.23. The second-order valence-electron chi connectivity index (χ2n) is 2.86. The topological polar surface area (TPSA) is 92.3 Å². The summed E-state index contributed by atoms with van der Waals surface area (Å²) in [5.41, 5.74) is 0. The van der Waals surface area contributed by atoms with E-state index in [0.29, 0.717) is 16.8 Å². The van der Waals surface area contributed by atoms with Gasteiger partial charge in [0.05, 0.1) is 18.4 Å². The largest absolute Gasteiger partial charge is 0.359 e. The van der Waals surface area contributed by atoms with Gasteiger partial charge in [0.25, 0.3) is 0 Å². The normalized spacial score (nSPS) is 12.4. The monoisotopic (exact) mass is 225 g/mol. The van der Waals surface area contributed by atoms with E-state index in [-0.39, 0.29) is 6.04 Å². The molecule has 0 bridgehead atoms. The van der Waals surface area contributed by atoms with Crippen LogP contribution < -0.4 is 5.32 Å². The van der Waals surface area contributed by atoms with Crippen molar-refractivity contribution in [2.45, 2.75) is 13.0 Å². The van der Waals surface area contributed by atoms with Crippen LogP contribution in [-0.4, -0.2) is 30.6 Å². The van der Waals surface area contributed by atoms with E-state index in [1.165, 1.54) is 6.20 Å². The number of hydrogen-bond donors (Lipinski definition) is 2. The summed E-state index contributed by atoms with van der Waals surface area (Å²) < 4.78 is 0. The molecule has 2 rings (SSSR count). The fourth-order valence-corrected chi connectivity index (χ4v) is 1.20. The molecule has 0 aliphatic rings. The third-order valence-electron chi connectivity index (χ3n) is 1.72. The number of hydrogen-bond acceptors (Lipinski definition) is 6. The summed E-state index contributed by atoms with van der Waals surface area (Å²) in [4.78, 5) is 7.93. The van der Waals surface area contributed by atoms with E-state index in [4.69, 9.17) is 11.6 Å². The van der Waals surface area contributed by atoms with Crippen LogP contribution in [0, 0.1) is 0 Å². The Hall–Kier alpha value is -1.76. The van der Waals surface area contributed by atoms with Crippen molar-refractivity contribution in [1.29, 1.82) is 0 Å². The van der Waals surface area contributed by atoms with Crippen LogP contribution in [0.15, 0.2) is 12.4 Å². The van der Waals surface area contributed by atoms with Crippen molar-refractivity contribution < 1.29 is 0 Å². The van der Waals surface area contributed by atoms with Gasteiger partial charge in [-0.1, -0.05) is 16.8 Å². The van der Waals surface area contributed by atoms with E-state index in [2.05, 4.69) is 35.9 Å². The molecule has 2 N–H and O–H groups in total. The number of nitrogens with zero attached hydrogens (tertiary/aromatic N) is 5.